The van der Waals surface area contributed by atoms with E-state index >= 15 is 0 Å². The molecule has 0 fully saturated rings. The van der Waals surface area contributed by atoms with Crippen molar-refractivity contribution in [3.8, 4) is 0 Å². The van der Waals surface area contributed by atoms with Gasteiger partial charge in [-0.05, 0) is 35.4 Å². The van der Waals surface area contributed by atoms with E-state index in [2.05, 4.69) is 9.97 Å². The Kier molecular flexibility index (Phi) is 5.02. The van der Waals surface area contributed by atoms with Gasteiger partial charge in [0.25, 0.3) is 17.4 Å². The number of aromatic amines is 1. The predicted octanol–water partition coefficient (Wildman–Crippen LogP) is 3.26. The second kappa shape index (κ2) is 8.01. The van der Waals surface area contributed by atoms with Gasteiger partial charge in [-0.25, -0.2) is 4.98 Å². The fourth-order valence-corrected chi connectivity index (χ4v) is 4.60. The number of aromatic nitrogens is 2. The van der Waals surface area contributed by atoms with Crippen molar-refractivity contribution < 1.29 is 19.1 Å². The molecule has 0 saturated carbocycles. The summed E-state index contributed by atoms with van der Waals surface area (Å²) in [6, 6.07) is 12.5. The second-order valence-corrected chi connectivity index (χ2v) is 8.30. The molecule has 0 unspecified atom stereocenters. The molecule has 1 aliphatic rings. The minimum Gasteiger partial charge on any atom is -0.458 e. The van der Waals surface area contributed by atoms with E-state index in [4.69, 9.17) is 4.74 Å². The summed E-state index contributed by atoms with van der Waals surface area (Å²) in [5.74, 6) is -0.963. The first-order valence-corrected chi connectivity index (χ1v) is 10.9. The fraction of sp³-hybridized carbons (Fsp3) is 0.174. The van der Waals surface area contributed by atoms with E-state index in [0.717, 1.165) is 5.39 Å². The van der Waals surface area contributed by atoms with Crippen molar-refractivity contribution in [2.24, 2.45) is 0 Å². The first kappa shape index (κ1) is 20.1. The molecule has 1 N–H and O–H groups in total. The van der Waals surface area contributed by atoms with Crippen molar-refractivity contribution in [3.05, 3.63) is 75.1 Å². The largest absolute Gasteiger partial charge is 0.458 e. The number of carbonyl (C=O) groups excluding carboxylic acids is 3. The summed E-state index contributed by atoms with van der Waals surface area (Å²) in [5.41, 5.74) is 1.26. The molecule has 8 nitrogen and oxygen atoms in total. The van der Waals surface area contributed by atoms with E-state index in [9.17, 15) is 19.2 Å². The number of carbonyl (C=O) groups is 3. The number of fused-ring (bicyclic) bond motifs is 1. The van der Waals surface area contributed by atoms with Crippen LogP contribution in [0.5, 0.6) is 0 Å². The van der Waals surface area contributed by atoms with Gasteiger partial charge in [0.15, 0.2) is 0 Å². The highest BCUT2D eigenvalue weighted by Crippen LogP contribution is 2.30. The lowest BCUT2D eigenvalue weighted by atomic mass is 9.94. The number of ether oxygens (including phenoxy) is 1. The van der Waals surface area contributed by atoms with E-state index in [0.29, 0.717) is 26.7 Å². The molecule has 4 aromatic rings. The number of imide groups is 1. The lowest BCUT2D eigenvalue weighted by Crippen LogP contribution is -2.41. The topological polar surface area (TPSA) is 109 Å². The molecule has 5 rings (SSSR count). The number of hydrogen-bond donors (Lipinski definition) is 1. The number of hydrogen-bond acceptors (Lipinski definition) is 7. The maximum atomic E-state index is 12.9. The molecule has 3 heterocycles. The van der Waals surface area contributed by atoms with Gasteiger partial charge in [-0.2, -0.15) is 0 Å². The highest BCUT2D eigenvalue weighted by Gasteiger charge is 2.32. The van der Waals surface area contributed by atoms with Crippen LogP contribution in [0, 0.1) is 0 Å². The van der Waals surface area contributed by atoms with Crippen molar-refractivity contribution in [3.63, 3.8) is 0 Å². The Balaban J connectivity index is 1.20. The monoisotopic (exact) mass is 447 g/mol. The Bertz CT molecular complexity index is 1400. The minimum atomic E-state index is -0.502. The third kappa shape index (κ3) is 3.46. The Morgan fingerprint density at radius 3 is 2.47 bits per heavy atom. The third-order valence-electron chi connectivity index (χ3n) is 5.35. The van der Waals surface area contributed by atoms with Crippen molar-refractivity contribution in [2.45, 2.75) is 19.4 Å². The maximum absolute atomic E-state index is 12.9. The number of benzene rings is 2. The molecule has 0 atom stereocenters. The first-order chi connectivity index (χ1) is 15.5. The van der Waals surface area contributed by atoms with Gasteiger partial charge in [-0.3, -0.25) is 24.1 Å². The molecule has 0 spiro atoms. The average Bonchev–Trinajstić information content (AvgIpc) is 3.27. The molecule has 160 valence electrons. The molecule has 1 aliphatic heterocycles. The molecular formula is C23H17N3O5S. The number of H-pyrrole nitrogens is 1. The van der Waals surface area contributed by atoms with Gasteiger partial charge in [-0.15, -0.1) is 11.3 Å². The summed E-state index contributed by atoms with van der Waals surface area (Å²) in [6.45, 7) is -0.0513. The van der Waals surface area contributed by atoms with Gasteiger partial charge in [0.05, 0.1) is 5.52 Å². The van der Waals surface area contributed by atoms with Crippen LogP contribution in [0.15, 0.2) is 52.6 Å². The van der Waals surface area contributed by atoms with Crippen LogP contribution in [0.25, 0.3) is 21.0 Å². The van der Waals surface area contributed by atoms with E-state index in [-0.39, 0.29) is 49.2 Å². The molecule has 2 aromatic carbocycles. The van der Waals surface area contributed by atoms with Crippen LogP contribution in [0.1, 0.15) is 39.4 Å². The van der Waals surface area contributed by atoms with E-state index < -0.39 is 5.97 Å². The zero-order chi connectivity index (χ0) is 22.2. The van der Waals surface area contributed by atoms with E-state index in [1.165, 1.54) is 16.2 Å². The summed E-state index contributed by atoms with van der Waals surface area (Å²) in [6.07, 6.45) is 0.288. The molecule has 0 saturated heterocycles. The second-order valence-electron chi connectivity index (χ2n) is 7.38. The number of thiophene rings is 1. The van der Waals surface area contributed by atoms with Crippen molar-refractivity contribution in [2.75, 3.05) is 6.54 Å². The Hall–Kier alpha value is -3.85. The van der Waals surface area contributed by atoms with Crippen LogP contribution in [0.2, 0.25) is 0 Å². The summed E-state index contributed by atoms with van der Waals surface area (Å²) in [4.78, 5) is 57.9. The van der Waals surface area contributed by atoms with Crippen LogP contribution in [0.3, 0.4) is 0 Å². The highest BCUT2D eigenvalue weighted by molar-refractivity contribution is 7.17. The zero-order valence-electron chi connectivity index (χ0n) is 16.8. The number of rotatable bonds is 6. The molecule has 2 aromatic heterocycles. The van der Waals surface area contributed by atoms with Crippen molar-refractivity contribution in [1.29, 1.82) is 0 Å². The van der Waals surface area contributed by atoms with Crippen molar-refractivity contribution >= 4 is 50.1 Å². The number of amides is 2. The molecule has 0 radical (unpaired) electrons. The van der Waals surface area contributed by atoms with E-state index in [1.54, 1.807) is 35.7 Å². The number of nitrogens with zero attached hydrogens (tertiary/aromatic N) is 2. The minimum absolute atomic E-state index is 0.0217. The Labute approximate surface area is 185 Å². The predicted molar refractivity (Wildman–Crippen MR) is 119 cm³/mol. The Morgan fingerprint density at radius 2 is 1.75 bits per heavy atom. The van der Waals surface area contributed by atoms with Gasteiger partial charge in [0.2, 0.25) is 0 Å². The quantitative estimate of drug-likeness (QED) is 0.359. The fourth-order valence-electron chi connectivity index (χ4n) is 3.88. The van der Waals surface area contributed by atoms with Gasteiger partial charge in [0.1, 0.15) is 17.1 Å². The average molecular weight is 447 g/mol. The van der Waals surface area contributed by atoms with Crippen molar-refractivity contribution in [1.82, 2.24) is 14.9 Å². The SMILES string of the molecule is O=C(CCCN1C(=O)c2cccc3cccc(c23)C1=O)OCc1nc2ccsc2c(=O)[nH]1. The van der Waals surface area contributed by atoms with Gasteiger partial charge in [-0.1, -0.05) is 24.3 Å². The van der Waals surface area contributed by atoms with Crippen LogP contribution in [-0.2, 0) is 16.1 Å². The summed E-state index contributed by atoms with van der Waals surface area (Å²) in [7, 11) is 0. The summed E-state index contributed by atoms with van der Waals surface area (Å²) < 4.78 is 5.72. The van der Waals surface area contributed by atoms with Gasteiger partial charge in [0, 0.05) is 29.5 Å². The number of esters is 1. The molecule has 32 heavy (non-hydrogen) atoms. The van der Waals surface area contributed by atoms with Gasteiger partial charge >= 0.3 is 5.97 Å². The zero-order valence-corrected chi connectivity index (χ0v) is 17.6. The Morgan fingerprint density at radius 1 is 1.03 bits per heavy atom. The van der Waals surface area contributed by atoms with Gasteiger partial charge < -0.3 is 9.72 Å². The number of nitrogens with one attached hydrogen (secondary N) is 1. The van der Waals surface area contributed by atoms with Crippen LogP contribution in [0.4, 0.5) is 0 Å². The first-order valence-electron chi connectivity index (χ1n) is 10.0. The molecule has 0 bridgehead atoms. The molecule has 0 aliphatic carbocycles. The highest BCUT2D eigenvalue weighted by atomic mass is 32.1. The van der Waals surface area contributed by atoms with E-state index in [1.807, 2.05) is 12.1 Å². The smallest absolute Gasteiger partial charge is 0.306 e. The normalized spacial score (nSPS) is 13.2. The summed E-state index contributed by atoms with van der Waals surface area (Å²) in [5, 5.41) is 3.28. The maximum Gasteiger partial charge on any atom is 0.306 e. The molecule has 9 heteroatoms. The molecular weight excluding hydrogens is 430 g/mol. The standard InChI is InChI=1S/C23H17N3O5S/c27-18(31-12-17-24-16-9-11-32-20(16)21(28)25-17)8-3-10-26-22(29)14-6-1-4-13-5-2-7-15(19(13)14)23(26)30/h1-2,4-7,9,11H,3,8,10,12H2,(H,24,25,28). The molecule has 2 amide bonds. The lowest BCUT2D eigenvalue weighted by molar-refractivity contribution is -0.145. The van der Waals surface area contributed by atoms with Crippen LogP contribution >= 0.6 is 11.3 Å². The van der Waals surface area contributed by atoms with Crippen LogP contribution in [-0.4, -0.2) is 39.2 Å². The lowest BCUT2D eigenvalue weighted by Gasteiger charge is -2.27. The third-order valence-corrected chi connectivity index (χ3v) is 6.25. The van der Waals surface area contributed by atoms with Crippen LogP contribution < -0.4 is 5.56 Å². The summed E-state index contributed by atoms with van der Waals surface area (Å²) >= 11 is 1.29.